The molecule has 0 spiro atoms. The summed E-state index contributed by atoms with van der Waals surface area (Å²) in [6, 6.07) is 0. The van der Waals surface area contributed by atoms with Gasteiger partial charge in [-0.3, -0.25) is 0 Å². The van der Waals surface area contributed by atoms with Gasteiger partial charge >= 0.3 is 0 Å². The van der Waals surface area contributed by atoms with Gasteiger partial charge < -0.3 is 14.8 Å². The molecule has 102 valence electrons. The van der Waals surface area contributed by atoms with Crippen molar-refractivity contribution in [2.24, 2.45) is 5.92 Å². The number of unbranched alkanes of at least 4 members (excludes halogenated alkanes) is 1. The molecule has 1 saturated heterocycles. The van der Waals surface area contributed by atoms with Crippen molar-refractivity contribution < 1.29 is 0 Å². The van der Waals surface area contributed by atoms with E-state index in [0.717, 1.165) is 25.0 Å². The molecule has 0 aromatic carbocycles. The van der Waals surface area contributed by atoms with Crippen LogP contribution in [-0.2, 0) is 6.54 Å². The number of aromatic nitrogens is 2. The van der Waals surface area contributed by atoms with E-state index in [-0.39, 0.29) is 0 Å². The number of hydrogen-bond acceptors (Lipinski definition) is 3. The molecule has 1 fully saturated rings. The first-order chi connectivity index (χ1) is 8.79. The van der Waals surface area contributed by atoms with Crippen LogP contribution in [0.5, 0.6) is 0 Å². The highest BCUT2D eigenvalue weighted by molar-refractivity contribution is 5.25. The Labute approximate surface area is 110 Å². The van der Waals surface area contributed by atoms with Crippen molar-refractivity contribution in [3.8, 4) is 0 Å². The van der Waals surface area contributed by atoms with Crippen LogP contribution in [0.2, 0.25) is 0 Å². The number of aryl methyl sites for hydroxylation is 1. The molecule has 1 aliphatic heterocycles. The van der Waals surface area contributed by atoms with Crippen LogP contribution in [-0.4, -0.2) is 41.1 Å². The van der Waals surface area contributed by atoms with Crippen molar-refractivity contribution in [3.05, 3.63) is 12.4 Å². The van der Waals surface area contributed by atoms with Crippen molar-refractivity contribution in [2.45, 2.75) is 39.2 Å². The van der Waals surface area contributed by atoms with Crippen molar-refractivity contribution in [3.63, 3.8) is 0 Å². The smallest absolute Gasteiger partial charge is 0.202 e. The first-order valence-electron chi connectivity index (χ1n) is 7.23. The highest BCUT2D eigenvalue weighted by Crippen LogP contribution is 2.16. The zero-order valence-electron chi connectivity index (χ0n) is 11.7. The van der Waals surface area contributed by atoms with Crippen LogP contribution in [0.1, 0.15) is 32.6 Å². The summed E-state index contributed by atoms with van der Waals surface area (Å²) in [6.07, 6.45) is 9.03. The van der Waals surface area contributed by atoms with Gasteiger partial charge in [0.1, 0.15) is 0 Å². The van der Waals surface area contributed by atoms with E-state index in [4.69, 9.17) is 0 Å². The molecular formula is C14H26N4. The van der Waals surface area contributed by atoms with Gasteiger partial charge in [-0.2, -0.15) is 0 Å². The summed E-state index contributed by atoms with van der Waals surface area (Å²) in [5, 5.41) is 3.52. The zero-order chi connectivity index (χ0) is 12.8. The molecule has 0 unspecified atom stereocenters. The Balaban J connectivity index is 1.77. The lowest BCUT2D eigenvalue weighted by molar-refractivity contribution is 0.226. The summed E-state index contributed by atoms with van der Waals surface area (Å²) < 4.78 is 2.23. The Kier molecular flexibility index (Phi) is 5.05. The summed E-state index contributed by atoms with van der Waals surface area (Å²) in [5.74, 6) is 1.85. The number of rotatable bonds is 6. The van der Waals surface area contributed by atoms with Gasteiger partial charge in [0.15, 0.2) is 0 Å². The second kappa shape index (κ2) is 6.78. The SMILES string of the molecule is CCCCn1ccnc1NCC1CCN(C)CC1. The fourth-order valence-electron chi connectivity index (χ4n) is 2.49. The minimum absolute atomic E-state index is 0.803. The number of nitrogens with zero attached hydrogens (tertiary/aromatic N) is 3. The predicted octanol–water partition coefficient (Wildman–Crippen LogP) is 2.44. The number of imidazole rings is 1. The molecule has 4 heteroatoms. The molecule has 1 aliphatic rings. The average molecular weight is 250 g/mol. The van der Waals surface area contributed by atoms with E-state index in [1.165, 1.54) is 38.8 Å². The molecule has 0 radical (unpaired) electrons. The molecule has 2 rings (SSSR count). The topological polar surface area (TPSA) is 33.1 Å². The number of likely N-dealkylation sites (tertiary alicyclic amines) is 1. The van der Waals surface area contributed by atoms with Gasteiger partial charge in [0.05, 0.1) is 0 Å². The van der Waals surface area contributed by atoms with Gasteiger partial charge in [-0.1, -0.05) is 13.3 Å². The minimum Gasteiger partial charge on any atom is -0.355 e. The normalized spacial score (nSPS) is 18.1. The lowest BCUT2D eigenvalue weighted by Crippen LogP contribution is -2.33. The van der Waals surface area contributed by atoms with E-state index >= 15 is 0 Å². The van der Waals surface area contributed by atoms with Gasteiger partial charge in [0, 0.05) is 25.5 Å². The third-order valence-corrected chi connectivity index (χ3v) is 3.86. The molecule has 0 saturated carbocycles. The summed E-state index contributed by atoms with van der Waals surface area (Å²) in [7, 11) is 2.21. The molecule has 1 aromatic rings. The van der Waals surface area contributed by atoms with Crippen molar-refractivity contribution in [1.82, 2.24) is 14.5 Å². The average Bonchev–Trinajstić information content (AvgIpc) is 2.83. The molecule has 4 nitrogen and oxygen atoms in total. The van der Waals surface area contributed by atoms with Gasteiger partial charge in [-0.05, 0) is 45.3 Å². The summed E-state index contributed by atoms with van der Waals surface area (Å²) in [6.45, 7) is 6.83. The van der Waals surface area contributed by atoms with Gasteiger partial charge in [0.25, 0.3) is 0 Å². The van der Waals surface area contributed by atoms with Crippen LogP contribution >= 0.6 is 0 Å². The van der Waals surface area contributed by atoms with Crippen LogP contribution < -0.4 is 5.32 Å². The zero-order valence-corrected chi connectivity index (χ0v) is 11.7. The quantitative estimate of drug-likeness (QED) is 0.842. The number of anilines is 1. The lowest BCUT2D eigenvalue weighted by atomic mass is 9.97. The van der Waals surface area contributed by atoms with E-state index in [1.807, 2.05) is 6.20 Å². The molecule has 18 heavy (non-hydrogen) atoms. The molecule has 0 bridgehead atoms. The van der Waals surface area contributed by atoms with Crippen LogP contribution in [0, 0.1) is 5.92 Å². The highest BCUT2D eigenvalue weighted by atomic mass is 15.2. The molecule has 0 amide bonds. The number of piperidine rings is 1. The van der Waals surface area contributed by atoms with Gasteiger partial charge in [0.2, 0.25) is 5.95 Å². The minimum atomic E-state index is 0.803. The summed E-state index contributed by atoms with van der Waals surface area (Å²) in [4.78, 5) is 6.83. The Morgan fingerprint density at radius 2 is 2.17 bits per heavy atom. The van der Waals surface area contributed by atoms with E-state index in [0.29, 0.717) is 0 Å². The number of nitrogens with one attached hydrogen (secondary N) is 1. The summed E-state index contributed by atoms with van der Waals surface area (Å²) in [5.41, 5.74) is 0. The first-order valence-corrected chi connectivity index (χ1v) is 7.23. The summed E-state index contributed by atoms with van der Waals surface area (Å²) >= 11 is 0. The molecule has 1 aromatic heterocycles. The van der Waals surface area contributed by atoms with Crippen LogP contribution in [0.25, 0.3) is 0 Å². The second-order valence-corrected chi connectivity index (χ2v) is 5.43. The maximum absolute atomic E-state index is 4.41. The Hall–Kier alpha value is -1.03. The third kappa shape index (κ3) is 3.73. The van der Waals surface area contributed by atoms with Gasteiger partial charge in [-0.25, -0.2) is 4.98 Å². The maximum Gasteiger partial charge on any atom is 0.202 e. The van der Waals surface area contributed by atoms with E-state index in [9.17, 15) is 0 Å². The lowest BCUT2D eigenvalue weighted by Gasteiger charge is -2.29. The Bertz CT molecular complexity index is 339. The van der Waals surface area contributed by atoms with Crippen LogP contribution in [0.3, 0.4) is 0 Å². The van der Waals surface area contributed by atoms with Crippen LogP contribution in [0.15, 0.2) is 12.4 Å². The molecule has 2 heterocycles. The fraction of sp³-hybridized carbons (Fsp3) is 0.786. The molecule has 0 atom stereocenters. The highest BCUT2D eigenvalue weighted by Gasteiger charge is 2.16. The van der Waals surface area contributed by atoms with Crippen LogP contribution in [0.4, 0.5) is 5.95 Å². The fourth-order valence-corrected chi connectivity index (χ4v) is 2.49. The van der Waals surface area contributed by atoms with Crippen molar-refractivity contribution >= 4 is 5.95 Å². The standard InChI is InChI=1S/C14H26N4/c1-3-4-8-18-11-7-15-14(18)16-12-13-5-9-17(2)10-6-13/h7,11,13H,3-6,8-10,12H2,1-2H3,(H,15,16). The first kappa shape index (κ1) is 13.4. The van der Waals surface area contributed by atoms with E-state index < -0.39 is 0 Å². The van der Waals surface area contributed by atoms with E-state index in [2.05, 4.69) is 39.9 Å². The predicted molar refractivity (Wildman–Crippen MR) is 75.8 cm³/mol. The Morgan fingerprint density at radius 1 is 1.39 bits per heavy atom. The van der Waals surface area contributed by atoms with Crippen molar-refractivity contribution in [1.29, 1.82) is 0 Å². The molecular weight excluding hydrogens is 224 g/mol. The van der Waals surface area contributed by atoms with Gasteiger partial charge in [-0.15, -0.1) is 0 Å². The molecule has 0 aliphatic carbocycles. The largest absolute Gasteiger partial charge is 0.355 e. The number of hydrogen-bond donors (Lipinski definition) is 1. The van der Waals surface area contributed by atoms with Crippen molar-refractivity contribution in [2.75, 3.05) is 32.0 Å². The molecule has 1 N–H and O–H groups in total. The van der Waals surface area contributed by atoms with E-state index in [1.54, 1.807) is 0 Å². The second-order valence-electron chi connectivity index (χ2n) is 5.43. The maximum atomic E-state index is 4.41. The third-order valence-electron chi connectivity index (χ3n) is 3.86. The Morgan fingerprint density at radius 3 is 2.89 bits per heavy atom. The monoisotopic (exact) mass is 250 g/mol.